The van der Waals surface area contributed by atoms with E-state index in [1.54, 1.807) is 12.4 Å². The highest BCUT2D eigenvalue weighted by Gasteiger charge is 2.19. The summed E-state index contributed by atoms with van der Waals surface area (Å²) < 4.78 is 5.35. The number of primary amides is 1. The molecule has 0 aromatic carbocycles. The molecule has 2 saturated heterocycles. The summed E-state index contributed by atoms with van der Waals surface area (Å²) in [5.41, 5.74) is 8.69. The van der Waals surface area contributed by atoms with Gasteiger partial charge in [0.1, 0.15) is 5.60 Å². The van der Waals surface area contributed by atoms with E-state index in [2.05, 4.69) is 43.7 Å². The van der Waals surface area contributed by atoms with E-state index in [-0.39, 0.29) is 24.7 Å². The Bertz CT molecular complexity index is 1060. The predicted molar refractivity (Wildman–Crippen MR) is 150 cm³/mol. The SMILES string of the molecule is CN1CCN(c2cncc(CC(=O)OC(C)(C)C)c2)CC1.CN1CCN(c2cncc(CC(N)=O)c2)CC1. The van der Waals surface area contributed by atoms with Crippen molar-refractivity contribution in [1.29, 1.82) is 0 Å². The van der Waals surface area contributed by atoms with E-state index in [9.17, 15) is 9.59 Å². The van der Waals surface area contributed by atoms with Gasteiger partial charge in [0.25, 0.3) is 0 Å². The number of pyridine rings is 2. The molecule has 0 bridgehead atoms. The zero-order valence-corrected chi connectivity index (χ0v) is 23.5. The number of ether oxygens (including phenoxy) is 1. The van der Waals surface area contributed by atoms with E-state index in [1.165, 1.54) is 0 Å². The summed E-state index contributed by atoms with van der Waals surface area (Å²) in [4.78, 5) is 40.4. The van der Waals surface area contributed by atoms with Crippen LogP contribution in [0.3, 0.4) is 0 Å². The minimum absolute atomic E-state index is 0.208. The monoisotopic (exact) mass is 525 g/mol. The van der Waals surface area contributed by atoms with Crippen LogP contribution in [0.5, 0.6) is 0 Å². The van der Waals surface area contributed by atoms with Crippen LogP contribution in [0.1, 0.15) is 31.9 Å². The number of hydrogen-bond acceptors (Lipinski definition) is 9. The van der Waals surface area contributed by atoms with Crippen molar-refractivity contribution in [2.75, 3.05) is 76.3 Å². The summed E-state index contributed by atoms with van der Waals surface area (Å²) in [5.74, 6) is -0.526. The van der Waals surface area contributed by atoms with Gasteiger partial charge in [-0.1, -0.05) is 0 Å². The first kappa shape index (κ1) is 29.3. The standard InChI is InChI=1S/C16H25N3O2.C12H18N4O/c1-16(2,3)21-15(20)10-13-9-14(12-17-11-13)19-7-5-18(4)6-8-19;1-15-2-4-16(5-3-15)11-6-10(7-12(13)17)8-14-9-11/h9,11-12H,5-8,10H2,1-4H3;6,8-9H,2-5,7H2,1H3,(H2,13,17). The Hall–Kier alpha value is -3.24. The second-order valence-electron chi connectivity index (χ2n) is 11.1. The molecule has 208 valence electrons. The lowest BCUT2D eigenvalue weighted by atomic mass is 10.1. The van der Waals surface area contributed by atoms with Crippen molar-refractivity contribution >= 4 is 23.3 Å². The Balaban J connectivity index is 0.000000215. The molecule has 0 spiro atoms. The number of rotatable bonds is 6. The van der Waals surface area contributed by atoms with Crippen molar-refractivity contribution in [3.8, 4) is 0 Å². The molecule has 0 unspecified atom stereocenters. The van der Waals surface area contributed by atoms with Crippen molar-refractivity contribution in [2.45, 2.75) is 39.2 Å². The number of hydrogen-bond donors (Lipinski definition) is 1. The lowest BCUT2D eigenvalue weighted by Crippen LogP contribution is -2.44. The third-order valence-corrected chi connectivity index (χ3v) is 6.44. The Morgan fingerprint density at radius 2 is 1.18 bits per heavy atom. The molecule has 10 nitrogen and oxygen atoms in total. The highest BCUT2D eigenvalue weighted by atomic mass is 16.6. The van der Waals surface area contributed by atoms with Gasteiger partial charge in [-0.2, -0.15) is 0 Å². The average molecular weight is 526 g/mol. The second-order valence-corrected chi connectivity index (χ2v) is 11.1. The molecule has 2 fully saturated rings. The Morgan fingerprint density at radius 1 is 0.763 bits per heavy atom. The third-order valence-electron chi connectivity index (χ3n) is 6.44. The van der Waals surface area contributed by atoms with Gasteiger partial charge in [-0.3, -0.25) is 19.6 Å². The van der Waals surface area contributed by atoms with Gasteiger partial charge >= 0.3 is 5.97 Å². The Kier molecular flexibility index (Phi) is 10.4. The summed E-state index contributed by atoms with van der Waals surface area (Å²) >= 11 is 0. The molecule has 0 aliphatic carbocycles. The van der Waals surface area contributed by atoms with Crippen LogP contribution in [-0.4, -0.2) is 104 Å². The number of anilines is 2. The maximum absolute atomic E-state index is 11.9. The van der Waals surface area contributed by atoms with Crippen molar-refractivity contribution in [1.82, 2.24) is 19.8 Å². The summed E-state index contributed by atoms with van der Waals surface area (Å²) in [6.45, 7) is 13.8. The van der Waals surface area contributed by atoms with Crippen molar-refractivity contribution in [3.63, 3.8) is 0 Å². The zero-order chi connectivity index (χ0) is 27.7. The molecule has 4 heterocycles. The summed E-state index contributed by atoms with van der Waals surface area (Å²) in [5, 5.41) is 0. The number of aromatic nitrogens is 2. The second kappa shape index (κ2) is 13.5. The number of nitrogens with zero attached hydrogens (tertiary/aromatic N) is 6. The first-order valence-corrected chi connectivity index (χ1v) is 13.2. The first-order chi connectivity index (χ1) is 18.0. The molecule has 2 aromatic rings. The van der Waals surface area contributed by atoms with E-state index in [1.807, 2.05) is 45.3 Å². The van der Waals surface area contributed by atoms with E-state index >= 15 is 0 Å². The van der Waals surface area contributed by atoms with Crippen LogP contribution < -0.4 is 15.5 Å². The zero-order valence-electron chi connectivity index (χ0n) is 23.5. The van der Waals surface area contributed by atoms with Crippen LogP contribution >= 0.6 is 0 Å². The smallest absolute Gasteiger partial charge is 0.310 e. The third kappa shape index (κ3) is 9.90. The summed E-state index contributed by atoms with van der Waals surface area (Å²) in [6, 6.07) is 4.05. The van der Waals surface area contributed by atoms with Crippen LogP contribution in [0.2, 0.25) is 0 Å². The first-order valence-electron chi connectivity index (χ1n) is 13.2. The molecule has 0 saturated carbocycles. The van der Waals surface area contributed by atoms with Gasteiger partial charge in [-0.15, -0.1) is 0 Å². The van der Waals surface area contributed by atoms with Gasteiger partial charge in [0, 0.05) is 64.8 Å². The molecule has 0 radical (unpaired) electrons. The highest BCUT2D eigenvalue weighted by molar-refractivity contribution is 5.76. The van der Waals surface area contributed by atoms with Crippen LogP contribution in [-0.2, 0) is 27.2 Å². The topological polar surface area (TPSA) is 108 Å². The fraction of sp³-hybridized carbons (Fsp3) is 0.571. The summed E-state index contributed by atoms with van der Waals surface area (Å²) in [6.07, 6.45) is 7.67. The van der Waals surface area contributed by atoms with Gasteiger partial charge < -0.3 is 30.1 Å². The molecule has 2 aliphatic heterocycles. The molecule has 4 rings (SSSR count). The van der Waals surface area contributed by atoms with Crippen molar-refractivity contribution in [2.24, 2.45) is 5.73 Å². The lowest BCUT2D eigenvalue weighted by Gasteiger charge is -2.34. The molecule has 10 heteroatoms. The van der Waals surface area contributed by atoms with Gasteiger partial charge in [-0.05, 0) is 58.1 Å². The number of likely N-dealkylation sites (N-methyl/N-ethyl adjacent to an activating group) is 2. The van der Waals surface area contributed by atoms with Gasteiger partial charge in [0.15, 0.2) is 0 Å². The minimum Gasteiger partial charge on any atom is -0.460 e. The van der Waals surface area contributed by atoms with E-state index < -0.39 is 5.60 Å². The molecule has 2 N–H and O–H groups in total. The van der Waals surface area contributed by atoms with Gasteiger partial charge in [-0.25, -0.2) is 0 Å². The minimum atomic E-state index is -0.445. The highest BCUT2D eigenvalue weighted by Crippen LogP contribution is 2.18. The van der Waals surface area contributed by atoms with Crippen LogP contribution in [0, 0.1) is 0 Å². The van der Waals surface area contributed by atoms with E-state index in [4.69, 9.17) is 10.5 Å². The van der Waals surface area contributed by atoms with Crippen molar-refractivity contribution < 1.29 is 14.3 Å². The van der Waals surface area contributed by atoms with E-state index in [0.29, 0.717) is 0 Å². The number of carbonyl (C=O) groups is 2. The van der Waals surface area contributed by atoms with Crippen LogP contribution in [0.25, 0.3) is 0 Å². The van der Waals surface area contributed by atoms with Crippen LogP contribution in [0.15, 0.2) is 36.9 Å². The van der Waals surface area contributed by atoms with E-state index in [0.717, 1.165) is 74.9 Å². The van der Waals surface area contributed by atoms with Crippen molar-refractivity contribution in [3.05, 3.63) is 48.0 Å². The number of amides is 1. The van der Waals surface area contributed by atoms with Gasteiger partial charge in [0.2, 0.25) is 5.91 Å². The number of carbonyl (C=O) groups excluding carboxylic acids is 2. The predicted octanol–water partition coefficient (Wildman–Crippen LogP) is 1.58. The molecular weight excluding hydrogens is 482 g/mol. The summed E-state index contributed by atoms with van der Waals surface area (Å²) in [7, 11) is 4.26. The molecule has 2 aliphatic rings. The number of esters is 1. The molecular formula is C28H43N7O3. The quantitative estimate of drug-likeness (QED) is 0.562. The molecule has 1 amide bonds. The molecule has 38 heavy (non-hydrogen) atoms. The largest absolute Gasteiger partial charge is 0.460 e. The number of nitrogens with two attached hydrogens (primary N) is 1. The van der Waals surface area contributed by atoms with Gasteiger partial charge in [0.05, 0.1) is 36.6 Å². The average Bonchev–Trinajstić information content (AvgIpc) is 2.84. The fourth-order valence-electron chi connectivity index (χ4n) is 4.36. The molecule has 0 atom stereocenters. The van der Waals surface area contributed by atoms with Crippen LogP contribution in [0.4, 0.5) is 11.4 Å². The maximum atomic E-state index is 11.9. The number of piperazine rings is 2. The Labute approximate surface area is 226 Å². The molecule has 2 aromatic heterocycles. The fourth-order valence-corrected chi connectivity index (χ4v) is 4.36. The normalized spacial score (nSPS) is 17.0. The Morgan fingerprint density at radius 3 is 1.58 bits per heavy atom. The maximum Gasteiger partial charge on any atom is 0.310 e. The lowest BCUT2D eigenvalue weighted by molar-refractivity contribution is -0.153.